The maximum atomic E-state index is 4.29. The van der Waals surface area contributed by atoms with Gasteiger partial charge in [-0.25, -0.2) is 0 Å². The summed E-state index contributed by atoms with van der Waals surface area (Å²) in [6.07, 6.45) is 8.26. The van der Waals surface area contributed by atoms with Crippen LogP contribution in [0.1, 0.15) is 52.4 Å². The van der Waals surface area contributed by atoms with Gasteiger partial charge in [-0.3, -0.25) is 0 Å². The van der Waals surface area contributed by atoms with E-state index in [1.54, 1.807) is 0 Å². The van der Waals surface area contributed by atoms with Crippen LogP contribution in [0.5, 0.6) is 0 Å². The van der Waals surface area contributed by atoms with Gasteiger partial charge in [0.15, 0.2) is 0 Å². The van der Waals surface area contributed by atoms with E-state index in [1.165, 1.54) is 38.5 Å². The summed E-state index contributed by atoms with van der Waals surface area (Å²) in [5.74, 6) is 0. The van der Waals surface area contributed by atoms with Crippen molar-refractivity contribution < 1.29 is 32.7 Å². The fraction of sp³-hybridized carbons (Fsp3) is 1.00. The Morgan fingerprint density at radius 2 is 1.42 bits per heavy atom. The number of nitrogens with zero attached hydrogens (tertiary/aromatic N) is 1. The van der Waals surface area contributed by atoms with Crippen molar-refractivity contribution in [1.82, 2.24) is 0 Å². The van der Waals surface area contributed by atoms with Crippen LogP contribution in [0.4, 0.5) is 0 Å². The quantitative estimate of drug-likeness (QED) is 0.578. The summed E-state index contributed by atoms with van der Waals surface area (Å²) in [6, 6.07) is 0. The van der Waals surface area contributed by atoms with Gasteiger partial charge in [-0.15, -0.1) is 6.54 Å². The van der Waals surface area contributed by atoms with E-state index in [1.807, 2.05) is 0 Å². The second-order valence-corrected chi connectivity index (χ2v) is 3.03. The Morgan fingerprint density at radius 3 is 2.00 bits per heavy atom. The van der Waals surface area contributed by atoms with Crippen LogP contribution in [0.3, 0.4) is 0 Å². The number of unbranched alkanes of at least 4 members (excludes halogenated alkanes) is 5. The van der Waals surface area contributed by atoms with Gasteiger partial charge in [0.05, 0.1) is 0 Å². The first-order valence-electron chi connectivity index (χ1n) is 5.05. The topological polar surface area (TPSA) is 14.1 Å². The molecule has 2 heteroatoms. The molecule has 0 aliphatic rings. The molecule has 0 rings (SSSR count). The Labute approximate surface area is 103 Å². The van der Waals surface area contributed by atoms with Gasteiger partial charge < -0.3 is 5.32 Å². The van der Waals surface area contributed by atoms with Crippen LogP contribution in [0.2, 0.25) is 0 Å². The Hall–Kier alpha value is 1.06. The largest absolute Gasteiger partial charge is 0.662 e. The summed E-state index contributed by atoms with van der Waals surface area (Å²) in [7, 11) is 0. The second-order valence-electron chi connectivity index (χ2n) is 3.03. The first kappa shape index (κ1) is 15.5. The van der Waals surface area contributed by atoms with Crippen molar-refractivity contribution in [2.45, 2.75) is 52.4 Å². The molecule has 0 spiro atoms. The molecule has 0 aromatic rings. The molecule has 1 nitrogen and oxygen atoms in total. The molecule has 1 radical (unpaired) electrons. The smallest absolute Gasteiger partial charge is 0 e. The molecule has 0 saturated heterocycles. The fourth-order valence-electron chi connectivity index (χ4n) is 1.16. The van der Waals surface area contributed by atoms with E-state index >= 15 is 0 Å². The summed E-state index contributed by atoms with van der Waals surface area (Å²) < 4.78 is 0. The Morgan fingerprint density at radius 1 is 0.833 bits per heavy atom. The standard InChI is InChI=1S/C10H22N.Y/c1-3-5-6-7-8-9-10-11-4-2;/h3-10H2,1-2H3;/q-1;. The summed E-state index contributed by atoms with van der Waals surface area (Å²) in [6.45, 7) is 6.45. The molecule has 0 heterocycles. The summed E-state index contributed by atoms with van der Waals surface area (Å²) in [5, 5.41) is 4.29. The second kappa shape index (κ2) is 14.6. The molecule has 0 aliphatic heterocycles. The molecular formula is C10H22NY-. The number of hydrogen-bond acceptors (Lipinski definition) is 0. The average molecular weight is 245 g/mol. The van der Waals surface area contributed by atoms with E-state index in [0.29, 0.717) is 0 Å². The molecule has 12 heavy (non-hydrogen) atoms. The van der Waals surface area contributed by atoms with Crippen molar-refractivity contribution in [3.63, 3.8) is 0 Å². The van der Waals surface area contributed by atoms with Crippen LogP contribution in [0.15, 0.2) is 0 Å². The van der Waals surface area contributed by atoms with E-state index < -0.39 is 0 Å². The van der Waals surface area contributed by atoms with Gasteiger partial charge in [0, 0.05) is 32.7 Å². The van der Waals surface area contributed by atoms with Gasteiger partial charge in [-0.1, -0.05) is 52.4 Å². The third-order valence-corrected chi connectivity index (χ3v) is 1.89. The van der Waals surface area contributed by atoms with Crippen molar-refractivity contribution >= 4 is 0 Å². The van der Waals surface area contributed by atoms with Gasteiger partial charge in [0.1, 0.15) is 0 Å². The van der Waals surface area contributed by atoms with E-state index in [2.05, 4.69) is 19.2 Å². The predicted molar refractivity (Wildman–Crippen MR) is 52.1 cm³/mol. The van der Waals surface area contributed by atoms with Crippen molar-refractivity contribution in [3.05, 3.63) is 5.32 Å². The molecule has 0 amide bonds. The molecule has 0 unspecified atom stereocenters. The minimum absolute atomic E-state index is 0. The van der Waals surface area contributed by atoms with E-state index in [9.17, 15) is 0 Å². The first-order valence-corrected chi connectivity index (χ1v) is 5.05. The third kappa shape index (κ3) is 13.6. The maximum absolute atomic E-state index is 4.29. The molecule has 0 atom stereocenters. The zero-order valence-electron chi connectivity index (χ0n) is 8.68. The molecule has 0 aliphatic carbocycles. The van der Waals surface area contributed by atoms with E-state index in [-0.39, 0.29) is 32.7 Å². The Balaban J connectivity index is 0. The van der Waals surface area contributed by atoms with E-state index in [0.717, 1.165) is 13.1 Å². The Kier molecular flexibility index (Phi) is 18.9. The van der Waals surface area contributed by atoms with Crippen molar-refractivity contribution in [1.29, 1.82) is 0 Å². The monoisotopic (exact) mass is 245 g/mol. The summed E-state index contributed by atoms with van der Waals surface area (Å²) >= 11 is 0. The average Bonchev–Trinajstić information content (AvgIpc) is 2.03. The number of rotatable bonds is 8. The third-order valence-electron chi connectivity index (χ3n) is 1.89. The molecular weight excluding hydrogens is 223 g/mol. The molecule has 0 aromatic heterocycles. The minimum Gasteiger partial charge on any atom is -0.662 e. The van der Waals surface area contributed by atoms with Crippen molar-refractivity contribution in [2.75, 3.05) is 13.1 Å². The normalized spacial score (nSPS) is 9.50. The van der Waals surface area contributed by atoms with E-state index in [4.69, 9.17) is 0 Å². The van der Waals surface area contributed by atoms with Gasteiger partial charge >= 0.3 is 0 Å². The van der Waals surface area contributed by atoms with Crippen LogP contribution >= 0.6 is 0 Å². The molecule has 71 valence electrons. The van der Waals surface area contributed by atoms with Crippen LogP contribution in [-0.4, -0.2) is 13.1 Å². The summed E-state index contributed by atoms with van der Waals surface area (Å²) in [4.78, 5) is 0. The first-order chi connectivity index (χ1) is 5.41. The SMILES string of the molecule is CCCCCCCC[N-]CC.[Y]. The van der Waals surface area contributed by atoms with Gasteiger partial charge in [-0.05, 0) is 0 Å². The minimum atomic E-state index is 0. The van der Waals surface area contributed by atoms with Crippen molar-refractivity contribution in [2.24, 2.45) is 0 Å². The van der Waals surface area contributed by atoms with Gasteiger partial charge in [0.25, 0.3) is 0 Å². The number of hydrogen-bond donors (Lipinski definition) is 0. The maximum Gasteiger partial charge on any atom is 0 e. The molecule has 0 aromatic carbocycles. The van der Waals surface area contributed by atoms with Gasteiger partial charge in [0.2, 0.25) is 0 Å². The Bertz CT molecular complexity index is 58.9. The molecule has 0 saturated carbocycles. The van der Waals surface area contributed by atoms with Crippen LogP contribution in [0.25, 0.3) is 5.32 Å². The van der Waals surface area contributed by atoms with Gasteiger partial charge in [-0.2, -0.15) is 6.54 Å². The van der Waals surface area contributed by atoms with Crippen molar-refractivity contribution in [3.8, 4) is 0 Å². The van der Waals surface area contributed by atoms with Crippen LogP contribution in [0, 0.1) is 0 Å². The molecule has 0 bridgehead atoms. The predicted octanol–water partition coefficient (Wildman–Crippen LogP) is 3.74. The zero-order valence-corrected chi connectivity index (χ0v) is 11.5. The molecule has 0 fully saturated rings. The molecule has 0 N–H and O–H groups in total. The van der Waals surface area contributed by atoms with Crippen LogP contribution < -0.4 is 0 Å². The fourth-order valence-corrected chi connectivity index (χ4v) is 1.16. The zero-order chi connectivity index (χ0) is 8.36. The summed E-state index contributed by atoms with van der Waals surface area (Å²) in [5.41, 5.74) is 0. The van der Waals surface area contributed by atoms with Crippen LogP contribution in [-0.2, 0) is 32.7 Å².